The summed E-state index contributed by atoms with van der Waals surface area (Å²) < 4.78 is 11.1. The highest BCUT2D eigenvalue weighted by molar-refractivity contribution is 7.22. The van der Waals surface area contributed by atoms with Crippen LogP contribution in [0.4, 0.5) is 5.13 Å². The summed E-state index contributed by atoms with van der Waals surface area (Å²) in [5.41, 5.74) is 0.969. The molecule has 0 atom stereocenters. The second-order valence-corrected chi connectivity index (χ2v) is 6.88. The Morgan fingerprint density at radius 2 is 1.70 bits per heavy atom. The van der Waals surface area contributed by atoms with Crippen LogP contribution in [0.1, 0.15) is 23.2 Å². The summed E-state index contributed by atoms with van der Waals surface area (Å²) in [6.45, 7) is 0. The van der Waals surface area contributed by atoms with Crippen LogP contribution in [0, 0.1) is 0 Å². The summed E-state index contributed by atoms with van der Waals surface area (Å²) in [4.78, 5) is 41.6. The van der Waals surface area contributed by atoms with E-state index in [-0.39, 0.29) is 24.7 Å². The molecule has 0 spiro atoms. The Hall–Kier alpha value is -3.26. The molecule has 7 nitrogen and oxygen atoms in total. The van der Waals surface area contributed by atoms with Gasteiger partial charge in [-0.1, -0.05) is 11.3 Å². The number of benzene rings is 2. The Morgan fingerprint density at radius 3 is 2.37 bits per heavy atom. The number of ether oxygens (including phenoxy) is 2. The van der Waals surface area contributed by atoms with Gasteiger partial charge in [0.15, 0.2) is 5.13 Å². The number of methoxy groups -OCH3 is 1. The smallest absolute Gasteiger partial charge is 0.343 e. The first-order valence-electron chi connectivity index (χ1n) is 8.18. The number of hydrogen-bond donors (Lipinski definition) is 0. The first-order chi connectivity index (χ1) is 13.0. The normalized spacial score (nSPS) is 14.0. The molecule has 1 aliphatic heterocycles. The SMILES string of the molecule is COc1ccc(OC(=O)c2ccc3nc(N4C(=O)CCC4=O)sc3c2)cc1. The molecule has 0 aliphatic carbocycles. The lowest BCUT2D eigenvalue weighted by atomic mass is 10.2. The van der Waals surface area contributed by atoms with Crippen molar-refractivity contribution >= 4 is 44.5 Å². The van der Waals surface area contributed by atoms with Crippen LogP contribution in [0.3, 0.4) is 0 Å². The number of carbonyl (C=O) groups is 3. The van der Waals surface area contributed by atoms with Crippen LogP contribution < -0.4 is 14.4 Å². The van der Waals surface area contributed by atoms with Gasteiger partial charge in [0.2, 0.25) is 11.8 Å². The van der Waals surface area contributed by atoms with E-state index in [1.165, 1.54) is 11.3 Å². The van der Waals surface area contributed by atoms with E-state index in [1.54, 1.807) is 49.6 Å². The third-order valence-corrected chi connectivity index (χ3v) is 5.13. The van der Waals surface area contributed by atoms with Crippen LogP contribution in [-0.2, 0) is 9.59 Å². The Labute approximate surface area is 158 Å². The molecular weight excluding hydrogens is 368 g/mol. The number of amides is 2. The zero-order valence-corrected chi connectivity index (χ0v) is 15.1. The minimum atomic E-state index is -0.509. The first-order valence-corrected chi connectivity index (χ1v) is 8.99. The van der Waals surface area contributed by atoms with E-state index in [4.69, 9.17) is 9.47 Å². The highest BCUT2D eigenvalue weighted by Crippen LogP contribution is 2.32. The topological polar surface area (TPSA) is 85.8 Å². The van der Waals surface area contributed by atoms with Crippen molar-refractivity contribution in [3.8, 4) is 11.5 Å². The van der Waals surface area contributed by atoms with E-state index in [0.717, 1.165) is 4.90 Å². The number of imide groups is 1. The van der Waals surface area contributed by atoms with Crippen molar-refractivity contribution in [1.29, 1.82) is 0 Å². The number of rotatable bonds is 4. The largest absolute Gasteiger partial charge is 0.497 e. The molecule has 2 amide bonds. The predicted octanol–water partition coefficient (Wildman–Crippen LogP) is 3.18. The lowest BCUT2D eigenvalue weighted by Gasteiger charge is -2.07. The van der Waals surface area contributed by atoms with Crippen molar-refractivity contribution in [3.05, 3.63) is 48.0 Å². The standard InChI is InChI=1S/C19H14N2O5S/c1-25-12-3-5-13(6-4-12)26-18(24)11-2-7-14-15(10-11)27-19(20-14)21-16(22)8-9-17(21)23/h2-7,10H,8-9H2,1H3. The number of anilines is 1. The van der Waals surface area contributed by atoms with Crippen molar-refractivity contribution < 1.29 is 23.9 Å². The minimum Gasteiger partial charge on any atom is -0.497 e. The van der Waals surface area contributed by atoms with E-state index in [0.29, 0.717) is 32.4 Å². The average molecular weight is 382 g/mol. The average Bonchev–Trinajstić information content (AvgIpc) is 3.23. The molecular formula is C19H14N2O5S. The highest BCUT2D eigenvalue weighted by Gasteiger charge is 2.32. The van der Waals surface area contributed by atoms with Crippen molar-refractivity contribution in [2.75, 3.05) is 12.0 Å². The number of aromatic nitrogens is 1. The van der Waals surface area contributed by atoms with E-state index in [1.807, 2.05) is 0 Å². The van der Waals surface area contributed by atoms with Gasteiger partial charge in [0.25, 0.3) is 0 Å². The number of esters is 1. The molecule has 136 valence electrons. The molecule has 2 aromatic carbocycles. The third-order valence-electron chi connectivity index (χ3n) is 4.13. The fraction of sp³-hybridized carbons (Fsp3) is 0.158. The molecule has 27 heavy (non-hydrogen) atoms. The summed E-state index contributed by atoms with van der Waals surface area (Å²) in [6.07, 6.45) is 0.405. The van der Waals surface area contributed by atoms with Crippen molar-refractivity contribution in [2.24, 2.45) is 0 Å². The van der Waals surface area contributed by atoms with Gasteiger partial charge < -0.3 is 9.47 Å². The molecule has 8 heteroatoms. The van der Waals surface area contributed by atoms with E-state index in [9.17, 15) is 14.4 Å². The van der Waals surface area contributed by atoms with Gasteiger partial charge in [0.05, 0.1) is 22.9 Å². The second-order valence-electron chi connectivity index (χ2n) is 5.87. The maximum absolute atomic E-state index is 12.4. The molecule has 3 aromatic rings. The molecule has 4 rings (SSSR count). The Bertz CT molecular complexity index is 1040. The number of nitrogens with zero attached hydrogens (tertiary/aromatic N) is 2. The molecule has 2 heterocycles. The summed E-state index contributed by atoms with van der Waals surface area (Å²) in [5.74, 6) is 0.0558. The summed E-state index contributed by atoms with van der Waals surface area (Å²) in [6, 6.07) is 11.6. The van der Waals surface area contributed by atoms with Gasteiger partial charge in [-0.25, -0.2) is 14.7 Å². The lowest BCUT2D eigenvalue weighted by molar-refractivity contribution is -0.121. The molecule has 0 saturated carbocycles. The van der Waals surface area contributed by atoms with Crippen LogP contribution in [-0.4, -0.2) is 29.9 Å². The number of fused-ring (bicyclic) bond motifs is 1. The molecule has 0 N–H and O–H groups in total. The number of carbonyl (C=O) groups excluding carboxylic acids is 3. The van der Waals surface area contributed by atoms with Gasteiger partial charge in [-0.05, 0) is 42.5 Å². The van der Waals surface area contributed by atoms with Gasteiger partial charge in [-0.2, -0.15) is 0 Å². The Kier molecular flexibility index (Phi) is 4.33. The molecule has 1 aliphatic rings. The zero-order valence-electron chi connectivity index (χ0n) is 14.3. The zero-order chi connectivity index (χ0) is 19.0. The van der Waals surface area contributed by atoms with Gasteiger partial charge >= 0.3 is 5.97 Å². The lowest BCUT2D eigenvalue weighted by Crippen LogP contribution is -2.28. The minimum absolute atomic E-state index is 0.203. The molecule has 0 unspecified atom stereocenters. The highest BCUT2D eigenvalue weighted by atomic mass is 32.1. The number of thiazole rings is 1. The monoisotopic (exact) mass is 382 g/mol. The number of hydrogen-bond acceptors (Lipinski definition) is 7. The molecule has 0 radical (unpaired) electrons. The van der Waals surface area contributed by atoms with Crippen molar-refractivity contribution in [3.63, 3.8) is 0 Å². The summed E-state index contributed by atoms with van der Waals surface area (Å²) >= 11 is 1.19. The van der Waals surface area contributed by atoms with Crippen LogP contribution in [0.15, 0.2) is 42.5 Å². The van der Waals surface area contributed by atoms with Gasteiger partial charge in [-0.3, -0.25) is 9.59 Å². The summed E-state index contributed by atoms with van der Waals surface area (Å²) in [7, 11) is 1.56. The van der Waals surface area contributed by atoms with E-state index >= 15 is 0 Å². The molecule has 0 bridgehead atoms. The fourth-order valence-corrected chi connectivity index (χ4v) is 3.77. The van der Waals surface area contributed by atoms with Crippen LogP contribution in [0.25, 0.3) is 10.2 Å². The van der Waals surface area contributed by atoms with Crippen LogP contribution >= 0.6 is 11.3 Å². The van der Waals surface area contributed by atoms with Gasteiger partial charge in [0, 0.05) is 12.8 Å². The fourth-order valence-electron chi connectivity index (χ4n) is 2.73. The van der Waals surface area contributed by atoms with Crippen molar-refractivity contribution in [2.45, 2.75) is 12.8 Å². The van der Waals surface area contributed by atoms with Crippen molar-refractivity contribution in [1.82, 2.24) is 4.98 Å². The molecule has 1 fully saturated rings. The van der Waals surface area contributed by atoms with Gasteiger partial charge in [-0.15, -0.1) is 0 Å². The van der Waals surface area contributed by atoms with Crippen LogP contribution in [0.2, 0.25) is 0 Å². The van der Waals surface area contributed by atoms with Crippen LogP contribution in [0.5, 0.6) is 11.5 Å². The Morgan fingerprint density at radius 1 is 1.04 bits per heavy atom. The molecule has 1 saturated heterocycles. The summed E-state index contributed by atoms with van der Waals surface area (Å²) in [5, 5.41) is 0.332. The van der Waals surface area contributed by atoms with Gasteiger partial charge in [0.1, 0.15) is 11.5 Å². The second kappa shape index (κ2) is 6.81. The quantitative estimate of drug-likeness (QED) is 0.391. The third kappa shape index (κ3) is 3.26. The molecule has 1 aromatic heterocycles. The maximum Gasteiger partial charge on any atom is 0.343 e. The first kappa shape index (κ1) is 17.2. The predicted molar refractivity (Wildman–Crippen MR) is 99.3 cm³/mol. The van der Waals surface area contributed by atoms with E-state index < -0.39 is 5.97 Å². The Balaban J connectivity index is 1.58. The maximum atomic E-state index is 12.4. The van der Waals surface area contributed by atoms with E-state index in [2.05, 4.69) is 4.98 Å².